The first-order valence-corrected chi connectivity index (χ1v) is 8.31. The Kier molecular flexibility index (Phi) is 7.30. The lowest BCUT2D eigenvalue weighted by Crippen LogP contribution is -2.21. The molecule has 0 aliphatic rings. The number of benzene rings is 2. The number of hydrogen-bond donors (Lipinski definition) is 1. The topological polar surface area (TPSA) is 117 Å². The zero-order valence-corrected chi connectivity index (χ0v) is 16.0. The molecule has 0 spiro atoms. The van der Waals surface area contributed by atoms with Crippen LogP contribution in [0.3, 0.4) is 0 Å². The predicted molar refractivity (Wildman–Crippen MR) is 101 cm³/mol. The Bertz CT molecular complexity index is 904. The maximum Gasteiger partial charge on any atom is 0.342 e. The molecule has 0 unspecified atom stereocenters. The molecule has 0 bridgehead atoms. The van der Waals surface area contributed by atoms with Crippen LogP contribution in [0.25, 0.3) is 0 Å². The first kappa shape index (κ1) is 21.4. The number of amides is 1. The number of ether oxygens (including phenoxy) is 4. The van der Waals surface area contributed by atoms with Gasteiger partial charge < -0.3 is 24.3 Å². The first-order chi connectivity index (χ1) is 13.9. The van der Waals surface area contributed by atoms with Crippen molar-refractivity contribution in [2.45, 2.75) is 0 Å². The summed E-state index contributed by atoms with van der Waals surface area (Å²) in [7, 11) is 3.78. The highest BCUT2D eigenvalue weighted by Gasteiger charge is 2.17. The molecular weight excluding hydrogens is 382 g/mol. The van der Waals surface area contributed by atoms with E-state index in [1.165, 1.54) is 45.6 Å². The van der Waals surface area contributed by atoms with Crippen molar-refractivity contribution in [2.24, 2.45) is 0 Å². The van der Waals surface area contributed by atoms with E-state index in [2.05, 4.69) is 14.8 Å². The summed E-state index contributed by atoms with van der Waals surface area (Å²) in [5, 5.41) is 2.45. The molecule has 0 fully saturated rings. The maximum atomic E-state index is 12.2. The highest BCUT2D eigenvalue weighted by atomic mass is 16.5. The third-order valence-electron chi connectivity index (χ3n) is 3.72. The largest absolute Gasteiger partial charge is 0.496 e. The third kappa shape index (κ3) is 5.55. The molecule has 2 rings (SSSR count). The van der Waals surface area contributed by atoms with Crippen LogP contribution in [0, 0.1) is 0 Å². The molecule has 0 atom stereocenters. The molecule has 2 aromatic carbocycles. The zero-order valence-electron chi connectivity index (χ0n) is 16.0. The summed E-state index contributed by atoms with van der Waals surface area (Å²) in [6.07, 6.45) is 0. The Morgan fingerprint density at radius 1 is 0.828 bits per heavy atom. The quantitative estimate of drug-likeness (QED) is 0.553. The molecule has 0 saturated heterocycles. The second kappa shape index (κ2) is 9.88. The minimum Gasteiger partial charge on any atom is -0.496 e. The lowest BCUT2D eigenvalue weighted by atomic mass is 10.1. The van der Waals surface area contributed by atoms with Crippen LogP contribution in [-0.4, -0.2) is 51.8 Å². The molecule has 0 saturated carbocycles. The molecule has 152 valence electrons. The number of hydrogen-bond acceptors (Lipinski definition) is 8. The standard InChI is InChI=1S/C20H19NO8/c1-26-16-7-5-4-6-15(16)20(25)29-11-17(22)21-14-9-12(18(23)27-2)8-13(10-14)19(24)28-3/h4-10H,11H2,1-3H3,(H,21,22). The van der Waals surface area contributed by atoms with Gasteiger partial charge in [-0.1, -0.05) is 12.1 Å². The van der Waals surface area contributed by atoms with Gasteiger partial charge in [-0.25, -0.2) is 14.4 Å². The van der Waals surface area contributed by atoms with E-state index in [9.17, 15) is 19.2 Å². The summed E-state index contributed by atoms with van der Waals surface area (Å²) in [6, 6.07) is 10.3. The summed E-state index contributed by atoms with van der Waals surface area (Å²) in [6.45, 7) is -0.590. The average molecular weight is 401 g/mol. The molecule has 0 heterocycles. The van der Waals surface area contributed by atoms with Gasteiger partial charge in [0, 0.05) is 5.69 Å². The zero-order chi connectivity index (χ0) is 21.4. The molecule has 1 amide bonds. The van der Waals surface area contributed by atoms with Gasteiger partial charge in [0.15, 0.2) is 6.61 Å². The minimum absolute atomic E-state index is 0.0386. The van der Waals surface area contributed by atoms with Crippen LogP contribution in [0.4, 0.5) is 5.69 Å². The van der Waals surface area contributed by atoms with Crippen LogP contribution in [0.2, 0.25) is 0 Å². The van der Waals surface area contributed by atoms with E-state index in [-0.39, 0.29) is 22.4 Å². The van der Waals surface area contributed by atoms with Crippen LogP contribution in [0.1, 0.15) is 31.1 Å². The van der Waals surface area contributed by atoms with Crippen LogP contribution in [-0.2, 0) is 19.0 Å². The van der Waals surface area contributed by atoms with Gasteiger partial charge in [-0.15, -0.1) is 0 Å². The summed E-state index contributed by atoms with van der Waals surface area (Å²) >= 11 is 0. The molecule has 0 aromatic heterocycles. The van der Waals surface area contributed by atoms with Gasteiger partial charge in [0.1, 0.15) is 11.3 Å². The smallest absolute Gasteiger partial charge is 0.342 e. The molecule has 0 radical (unpaired) electrons. The third-order valence-corrected chi connectivity index (χ3v) is 3.72. The summed E-state index contributed by atoms with van der Waals surface area (Å²) in [5.41, 5.74) is 0.378. The molecule has 0 aliphatic carbocycles. The Labute approximate surface area is 166 Å². The van der Waals surface area contributed by atoms with Gasteiger partial charge >= 0.3 is 17.9 Å². The van der Waals surface area contributed by atoms with E-state index < -0.39 is 30.4 Å². The van der Waals surface area contributed by atoms with Crippen LogP contribution in [0.5, 0.6) is 5.75 Å². The molecule has 0 aliphatic heterocycles. The highest BCUT2D eigenvalue weighted by Crippen LogP contribution is 2.19. The van der Waals surface area contributed by atoms with Gasteiger partial charge in [0.25, 0.3) is 5.91 Å². The van der Waals surface area contributed by atoms with Gasteiger partial charge in [0.05, 0.1) is 32.5 Å². The SMILES string of the molecule is COC(=O)c1cc(NC(=O)COC(=O)c2ccccc2OC)cc(C(=O)OC)c1. The van der Waals surface area contributed by atoms with Crippen molar-refractivity contribution in [3.63, 3.8) is 0 Å². The lowest BCUT2D eigenvalue weighted by Gasteiger charge is -2.11. The number of carbonyl (C=O) groups excluding carboxylic acids is 4. The molecule has 9 heteroatoms. The van der Waals surface area contributed by atoms with E-state index in [0.29, 0.717) is 5.75 Å². The first-order valence-electron chi connectivity index (χ1n) is 8.31. The highest BCUT2D eigenvalue weighted by molar-refractivity contribution is 6.00. The lowest BCUT2D eigenvalue weighted by molar-refractivity contribution is -0.119. The van der Waals surface area contributed by atoms with Crippen molar-refractivity contribution in [3.05, 3.63) is 59.2 Å². The molecule has 2 aromatic rings. The fourth-order valence-corrected chi connectivity index (χ4v) is 2.39. The van der Waals surface area contributed by atoms with Gasteiger partial charge in [-0.3, -0.25) is 4.79 Å². The molecule has 29 heavy (non-hydrogen) atoms. The second-order valence-corrected chi connectivity index (χ2v) is 5.61. The number of nitrogens with one attached hydrogen (secondary N) is 1. The minimum atomic E-state index is -0.740. The van der Waals surface area contributed by atoms with Crippen molar-refractivity contribution in [1.82, 2.24) is 0 Å². The predicted octanol–water partition coefficient (Wildman–Crippen LogP) is 2.06. The van der Waals surface area contributed by atoms with Crippen molar-refractivity contribution in [3.8, 4) is 5.75 Å². The number of carbonyl (C=O) groups is 4. The molecule has 1 N–H and O–H groups in total. The van der Waals surface area contributed by atoms with E-state index >= 15 is 0 Å². The molecule has 9 nitrogen and oxygen atoms in total. The van der Waals surface area contributed by atoms with Crippen LogP contribution < -0.4 is 10.1 Å². The fraction of sp³-hybridized carbons (Fsp3) is 0.200. The number of methoxy groups -OCH3 is 3. The van der Waals surface area contributed by atoms with Crippen molar-refractivity contribution in [1.29, 1.82) is 0 Å². The van der Waals surface area contributed by atoms with E-state index in [0.717, 1.165) is 0 Å². The van der Waals surface area contributed by atoms with E-state index in [1.54, 1.807) is 18.2 Å². The van der Waals surface area contributed by atoms with Gasteiger partial charge in [-0.05, 0) is 30.3 Å². The fourth-order valence-electron chi connectivity index (χ4n) is 2.39. The Hall–Kier alpha value is -3.88. The second-order valence-electron chi connectivity index (χ2n) is 5.61. The van der Waals surface area contributed by atoms with E-state index in [4.69, 9.17) is 9.47 Å². The van der Waals surface area contributed by atoms with Gasteiger partial charge in [0.2, 0.25) is 0 Å². The Morgan fingerprint density at radius 2 is 1.41 bits per heavy atom. The monoisotopic (exact) mass is 401 g/mol. The number of rotatable bonds is 7. The number of anilines is 1. The number of esters is 3. The van der Waals surface area contributed by atoms with Crippen LogP contribution >= 0.6 is 0 Å². The molecular formula is C20H19NO8. The van der Waals surface area contributed by atoms with Crippen molar-refractivity contribution < 1.29 is 38.1 Å². The van der Waals surface area contributed by atoms with E-state index in [1.807, 2.05) is 0 Å². The van der Waals surface area contributed by atoms with Crippen molar-refractivity contribution in [2.75, 3.05) is 33.3 Å². The van der Waals surface area contributed by atoms with Crippen LogP contribution in [0.15, 0.2) is 42.5 Å². The average Bonchev–Trinajstić information content (AvgIpc) is 2.75. The van der Waals surface area contributed by atoms with Gasteiger partial charge in [-0.2, -0.15) is 0 Å². The summed E-state index contributed by atoms with van der Waals surface area (Å²) < 4.78 is 19.3. The number of para-hydroxylation sites is 1. The Morgan fingerprint density at radius 3 is 1.97 bits per heavy atom. The Balaban J connectivity index is 2.10. The summed E-state index contributed by atoms with van der Waals surface area (Å²) in [5.74, 6) is -2.50. The normalized spacial score (nSPS) is 9.90. The maximum absolute atomic E-state index is 12.2. The van der Waals surface area contributed by atoms with Crippen molar-refractivity contribution >= 4 is 29.5 Å². The summed E-state index contributed by atoms with van der Waals surface area (Å²) in [4.78, 5) is 47.9.